The van der Waals surface area contributed by atoms with Gasteiger partial charge in [-0.05, 0) is 38.6 Å². The van der Waals surface area contributed by atoms with Crippen molar-refractivity contribution in [2.75, 3.05) is 6.54 Å². The average Bonchev–Trinajstić information content (AvgIpc) is 2.38. The van der Waals surface area contributed by atoms with Gasteiger partial charge in [-0.15, -0.1) is 12.4 Å². The first-order valence-electron chi connectivity index (χ1n) is 7.49. The molecule has 2 unspecified atom stereocenters. The van der Waals surface area contributed by atoms with Gasteiger partial charge in [0.15, 0.2) is 0 Å². The van der Waals surface area contributed by atoms with Crippen LogP contribution in [-0.4, -0.2) is 24.7 Å². The van der Waals surface area contributed by atoms with Crippen LogP contribution in [0.3, 0.4) is 0 Å². The Morgan fingerprint density at radius 2 is 1.81 bits per heavy atom. The van der Waals surface area contributed by atoms with Gasteiger partial charge in [0.1, 0.15) is 0 Å². The van der Waals surface area contributed by atoms with Crippen LogP contribution in [0.15, 0.2) is 0 Å². The molecule has 1 fully saturated rings. The van der Waals surface area contributed by atoms with Crippen LogP contribution in [0.4, 0.5) is 13.2 Å². The highest BCUT2D eigenvalue weighted by molar-refractivity contribution is 5.85. The fourth-order valence-electron chi connectivity index (χ4n) is 2.70. The zero-order chi connectivity index (χ0) is 15.0. The molecule has 2 atom stereocenters. The maximum atomic E-state index is 12.7. The number of unbranched alkanes of at least 4 members (excludes halogenated alkanes) is 3. The van der Waals surface area contributed by atoms with Gasteiger partial charge in [-0.1, -0.05) is 19.3 Å². The first-order chi connectivity index (χ1) is 9.43. The summed E-state index contributed by atoms with van der Waals surface area (Å²) in [5, 5.41) is 2.75. The van der Waals surface area contributed by atoms with Gasteiger partial charge in [-0.25, -0.2) is 0 Å². The summed E-state index contributed by atoms with van der Waals surface area (Å²) in [7, 11) is 0. The van der Waals surface area contributed by atoms with Crippen LogP contribution in [0.2, 0.25) is 0 Å². The highest BCUT2D eigenvalue weighted by Gasteiger charge is 2.42. The molecule has 0 aromatic carbocycles. The van der Waals surface area contributed by atoms with Gasteiger partial charge in [-0.3, -0.25) is 4.79 Å². The summed E-state index contributed by atoms with van der Waals surface area (Å²) >= 11 is 0. The van der Waals surface area contributed by atoms with Gasteiger partial charge < -0.3 is 11.1 Å². The molecule has 0 spiro atoms. The van der Waals surface area contributed by atoms with E-state index in [1.165, 1.54) is 0 Å². The van der Waals surface area contributed by atoms with Crippen LogP contribution >= 0.6 is 12.4 Å². The number of nitrogens with one attached hydrogen (secondary N) is 1. The summed E-state index contributed by atoms with van der Waals surface area (Å²) in [6.45, 7) is 0.660. The largest absolute Gasteiger partial charge is 0.391 e. The Kier molecular flexibility index (Phi) is 10.0. The predicted octanol–water partition coefficient (Wildman–Crippen LogP) is 3.55. The molecule has 0 aromatic heterocycles. The van der Waals surface area contributed by atoms with Crippen molar-refractivity contribution >= 4 is 18.3 Å². The number of alkyl halides is 3. The second-order valence-corrected chi connectivity index (χ2v) is 5.62. The van der Waals surface area contributed by atoms with Gasteiger partial charge >= 0.3 is 6.18 Å². The second-order valence-electron chi connectivity index (χ2n) is 5.62. The monoisotopic (exact) mass is 330 g/mol. The quantitative estimate of drug-likeness (QED) is 0.701. The predicted molar refractivity (Wildman–Crippen MR) is 79.3 cm³/mol. The normalized spacial score (nSPS) is 22.5. The van der Waals surface area contributed by atoms with E-state index in [1.54, 1.807) is 0 Å². The van der Waals surface area contributed by atoms with E-state index in [0.29, 0.717) is 25.8 Å². The van der Waals surface area contributed by atoms with Gasteiger partial charge in [0.05, 0.1) is 5.92 Å². The molecule has 0 saturated heterocycles. The fourth-order valence-corrected chi connectivity index (χ4v) is 2.70. The van der Waals surface area contributed by atoms with Crippen LogP contribution in [0.5, 0.6) is 0 Å². The van der Waals surface area contributed by atoms with Crippen molar-refractivity contribution in [1.82, 2.24) is 5.32 Å². The van der Waals surface area contributed by atoms with Crippen molar-refractivity contribution in [2.24, 2.45) is 11.7 Å². The summed E-state index contributed by atoms with van der Waals surface area (Å²) in [5.74, 6) is -1.38. The molecule has 3 N–H and O–H groups in total. The molecule has 1 rings (SSSR count). The zero-order valence-corrected chi connectivity index (χ0v) is 13.1. The number of carbonyl (C=O) groups excluding carboxylic acids is 1. The molecule has 1 saturated carbocycles. The number of nitrogens with two attached hydrogens (primary N) is 1. The summed E-state index contributed by atoms with van der Waals surface area (Å²) in [6, 6.07) is -0.313. The van der Waals surface area contributed by atoms with E-state index in [1.807, 2.05) is 0 Å². The molecule has 1 aliphatic rings. The minimum atomic E-state index is -4.13. The van der Waals surface area contributed by atoms with Crippen molar-refractivity contribution in [3.05, 3.63) is 0 Å². The highest BCUT2D eigenvalue weighted by Crippen LogP contribution is 2.37. The van der Waals surface area contributed by atoms with Crippen molar-refractivity contribution in [3.63, 3.8) is 0 Å². The lowest BCUT2D eigenvalue weighted by Gasteiger charge is -2.31. The van der Waals surface area contributed by atoms with E-state index in [2.05, 4.69) is 5.32 Å². The lowest BCUT2D eigenvalue weighted by molar-refractivity contribution is -0.184. The highest BCUT2D eigenvalue weighted by atomic mass is 35.5. The van der Waals surface area contributed by atoms with Crippen molar-refractivity contribution in [1.29, 1.82) is 0 Å². The maximum Gasteiger partial charge on any atom is 0.391 e. The van der Waals surface area contributed by atoms with Gasteiger partial charge in [0, 0.05) is 12.5 Å². The molecule has 0 radical (unpaired) electrons. The Morgan fingerprint density at radius 3 is 2.43 bits per heavy atom. The molecule has 21 heavy (non-hydrogen) atoms. The Labute approximate surface area is 130 Å². The third-order valence-electron chi connectivity index (χ3n) is 3.86. The van der Waals surface area contributed by atoms with Crippen molar-refractivity contribution < 1.29 is 18.0 Å². The first-order valence-corrected chi connectivity index (χ1v) is 7.49. The molecule has 0 heterocycles. The van der Waals surface area contributed by atoms with Crippen LogP contribution in [0.1, 0.15) is 57.8 Å². The molecule has 1 amide bonds. The molecule has 0 aliphatic heterocycles. The minimum Gasteiger partial charge on any atom is -0.353 e. The van der Waals surface area contributed by atoms with E-state index in [9.17, 15) is 18.0 Å². The van der Waals surface area contributed by atoms with E-state index in [0.717, 1.165) is 25.7 Å². The van der Waals surface area contributed by atoms with Gasteiger partial charge in [0.2, 0.25) is 5.91 Å². The van der Waals surface area contributed by atoms with Crippen molar-refractivity contribution in [2.45, 2.75) is 70.0 Å². The molecule has 7 heteroatoms. The van der Waals surface area contributed by atoms with E-state index >= 15 is 0 Å². The molecule has 1 aliphatic carbocycles. The topological polar surface area (TPSA) is 55.1 Å². The number of amides is 1. The van der Waals surface area contributed by atoms with Crippen LogP contribution in [-0.2, 0) is 4.79 Å². The standard InChI is InChI=1S/C14H25F3N2O.ClH/c15-14(16,17)11-6-5-7-12(10-11)19-13(20)8-3-1-2-4-9-18;/h11-12H,1-10,18H2,(H,19,20);1H. The van der Waals surface area contributed by atoms with E-state index in [4.69, 9.17) is 5.73 Å². The number of rotatable bonds is 7. The third-order valence-corrected chi connectivity index (χ3v) is 3.86. The molecule has 126 valence electrons. The van der Waals surface area contributed by atoms with E-state index in [-0.39, 0.29) is 37.2 Å². The SMILES string of the molecule is Cl.NCCCCCCC(=O)NC1CCCC(C(F)(F)F)C1. The molecule has 0 aromatic rings. The molecular weight excluding hydrogens is 305 g/mol. The van der Waals surface area contributed by atoms with Crippen LogP contribution in [0, 0.1) is 5.92 Å². The second kappa shape index (κ2) is 10.3. The number of hydrogen-bond donors (Lipinski definition) is 2. The third kappa shape index (κ3) is 8.51. The van der Waals surface area contributed by atoms with Crippen molar-refractivity contribution in [3.8, 4) is 0 Å². The molecule has 0 bridgehead atoms. The number of carbonyl (C=O) groups is 1. The Hall–Kier alpha value is -0.490. The van der Waals surface area contributed by atoms with Gasteiger partial charge in [-0.2, -0.15) is 13.2 Å². The van der Waals surface area contributed by atoms with E-state index < -0.39 is 12.1 Å². The lowest BCUT2D eigenvalue weighted by Crippen LogP contribution is -2.41. The lowest BCUT2D eigenvalue weighted by atomic mass is 9.85. The summed E-state index contributed by atoms with van der Waals surface area (Å²) in [6.07, 6.45) is 1.36. The first kappa shape index (κ1) is 20.5. The maximum absolute atomic E-state index is 12.7. The molecule has 3 nitrogen and oxygen atoms in total. The van der Waals surface area contributed by atoms with Crippen LogP contribution < -0.4 is 11.1 Å². The minimum absolute atomic E-state index is 0. The number of hydrogen-bond acceptors (Lipinski definition) is 2. The summed E-state index contributed by atoms with van der Waals surface area (Å²) in [5.41, 5.74) is 5.37. The average molecular weight is 331 g/mol. The zero-order valence-electron chi connectivity index (χ0n) is 12.3. The summed E-state index contributed by atoms with van der Waals surface area (Å²) < 4.78 is 38.0. The Bertz CT molecular complexity index is 300. The van der Waals surface area contributed by atoms with Crippen LogP contribution in [0.25, 0.3) is 0 Å². The number of halogens is 4. The fraction of sp³-hybridized carbons (Fsp3) is 0.929. The van der Waals surface area contributed by atoms with Gasteiger partial charge in [0.25, 0.3) is 0 Å². The Morgan fingerprint density at radius 1 is 1.14 bits per heavy atom. The summed E-state index contributed by atoms with van der Waals surface area (Å²) in [4.78, 5) is 11.7. The smallest absolute Gasteiger partial charge is 0.353 e. The Balaban J connectivity index is 0.00000400. The molecular formula is C14H26ClF3N2O.